The molecule has 3 rings (SSSR count). The second-order valence-electron chi connectivity index (χ2n) is 6.27. The summed E-state index contributed by atoms with van der Waals surface area (Å²) in [5, 5.41) is 4.17. The number of para-hydroxylation sites is 1. The number of fused-ring (bicyclic) bond motifs is 1. The molecule has 0 spiro atoms. The number of H-pyrrole nitrogens is 1. The molecule has 0 bridgehead atoms. The molecular weight excluding hydrogens is 298 g/mol. The normalized spacial score (nSPS) is 12.1. The van der Waals surface area contributed by atoms with Crippen LogP contribution in [-0.2, 0) is 4.79 Å². The van der Waals surface area contributed by atoms with E-state index in [0.29, 0.717) is 6.54 Å². The number of hydrogen-bond acceptors (Lipinski definition) is 2. The molecule has 0 saturated heterocycles. The van der Waals surface area contributed by atoms with Crippen LogP contribution in [0.1, 0.15) is 24.0 Å². The molecule has 1 aromatic heterocycles. The predicted octanol–water partition coefficient (Wildman–Crippen LogP) is 3.50. The number of amides is 1. The van der Waals surface area contributed by atoms with Crippen molar-refractivity contribution < 1.29 is 4.79 Å². The number of hydrogen-bond donors (Lipinski definition) is 2. The van der Waals surface area contributed by atoms with Gasteiger partial charge in [-0.3, -0.25) is 4.79 Å². The number of rotatable bonds is 5. The first kappa shape index (κ1) is 16.1. The third-order valence-corrected chi connectivity index (χ3v) is 4.36. The first-order chi connectivity index (χ1) is 11.6. The summed E-state index contributed by atoms with van der Waals surface area (Å²) in [7, 11) is 4.06. The lowest BCUT2D eigenvalue weighted by Gasteiger charge is -2.19. The molecular formula is C20H23N3O. The maximum atomic E-state index is 11.4. The predicted molar refractivity (Wildman–Crippen MR) is 99.6 cm³/mol. The van der Waals surface area contributed by atoms with Crippen molar-refractivity contribution in [3.8, 4) is 0 Å². The monoisotopic (exact) mass is 321 g/mol. The van der Waals surface area contributed by atoms with E-state index in [4.69, 9.17) is 0 Å². The van der Waals surface area contributed by atoms with Crippen LogP contribution in [0.15, 0.2) is 54.7 Å². The Morgan fingerprint density at radius 3 is 2.50 bits per heavy atom. The summed E-state index contributed by atoms with van der Waals surface area (Å²) in [5.41, 5.74) is 4.68. The Bertz CT molecular complexity index is 833. The van der Waals surface area contributed by atoms with E-state index in [1.54, 1.807) is 6.92 Å². The summed E-state index contributed by atoms with van der Waals surface area (Å²) in [4.78, 5) is 16.8. The number of carbonyl (C=O) groups is 1. The lowest BCUT2D eigenvalue weighted by molar-refractivity contribution is -0.118. The van der Waals surface area contributed by atoms with Gasteiger partial charge in [0.05, 0.1) is 0 Å². The minimum Gasteiger partial charge on any atom is -0.378 e. The zero-order chi connectivity index (χ0) is 17.1. The van der Waals surface area contributed by atoms with Gasteiger partial charge in [0.2, 0.25) is 5.91 Å². The van der Waals surface area contributed by atoms with E-state index in [0.717, 1.165) is 11.2 Å². The summed E-state index contributed by atoms with van der Waals surface area (Å²) in [6.07, 6.45) is 2.05. The minimum absolute atomic E-state index is 0.00949. The molecule has 1 amide bonds. The van der Waals surface area contributed by atoms with Gasteiger partial charge < -0.3 is 15.2 Å². The van der Waals surface area contributed by atoms with Crippen LogP contribution < -0.4 is 10.2 Å². The molecule has 1 heterocycles. The van der Waals surface area contributed by atoms with Crippen LogP contribution in [0.2, 0.25) is 0 Å². The van der Waals surface area contributed by atoms with Gasteiger partial charge in [-0.25, -0.2) is 0 Å². The highest BCUT2D eigenvalue weighted by molar-refractivity contribution is 5.84. The van der Waals surface area contributed by atoms with Crippen molar-refractivity contribution >= 4 is 22.5 Å². The average Bonchev–Trinajstić information content (AvgIpc) is 2.99. The first-order valence-corrected chi connectivity index (χ1v) is 8.14. The zero-order valence-electron chi connectivity index (χ0n) is 14.3. The number of carbonyl (C=O) groups excluding carboxylic acids is 1. The smallest absolute Gasteiger partial charge is 0.216 e. The SMILES string of the molecule is CC(=O)NC[C@@H](c1ccc(N(C)C)cc1)c1c[nH]c2ccccc12. The largest absolute Gasteiger partial charge is 0.378 e. The molecule has 0 unspecified atom stereocenters. The van der Waals surface area contributed by atoms with Crippen molar-refractivity contribution in [2.24, 2.45) is 0 Å². The second kappa shape index (κ2) is 6.79. The number of aromatic nitrogens is 1. The topological polar surface area (TPSA) is 48.1 Å². The van der Waals surface area contributed by atoms with Gasteiger partial charge in [-0.2, -0.15) is 0 Å². The van der Waals surface area contributed by atoms with Crippen LogP contribution in [0, 0.1) is 0 Å². The third kappa shape index (κ3) is 3.27. The fourth-order valence-electron chi connectivity index (χ4n) is 3.04. The standard InChI is InChI=1S/C20H23N3O/c1-14(24)21-12-18(15-8-10-16(11-9-15)23(2)3)19-13-22-20-7-5-4-6-17(19)20/h4-11,13,18,22H,12H2,1-3H3,(H,21,24)/t18-/m0/s1. The van der Waals surface area contributed by atoms with E-state index in [-0.39, 0.29) is 11.8 Å². The molecule has 2 N–H and O–H groups in total. The summed E-state index contributed by atoms with van der Waals surface area (Å²) in [6.45, 7) is 2.14. The van der Waals surface area contributed by atoms with Crippen LogP contribution >= 0.6 is 0 Å². The van der Waals surface area contributed by atoms with Crippen LogP contribution in [0.3, 0.4) is 0 Å². The molecule has 0 saturated carbocycles. The van der Waals surface area contributed by atoms with E-state index < -0.39 is 0 Å². The van der Waals surface area contributed by atoms with Gasteiger partial charge in [0.15, 0.2) is 0 Å². The van der Waals surface area contributed by atoms with E-state index >= 15 is 0 Å². The number of benzene rings is 2. The van der Waals surface area contributed by atoms with E-state index in [1.165, 1.54) is 16.5 Å². The fourth-order valence-corrected chi connectivity index (χ4v) is 3.04. The Morgan fingerprint density at radius 1 is 1.12 bits per heavy atom. The summed E-state index contributed by atoms with van der Waals surface area (Å²) in [5.74, 6) is 0.103. The van der Waals surface area contributed by atoms with Crippen molar-refractivity contribution in [1.82, 2.24) is 10.3 Å². The van der Waals surface area contributed by atoms with E-state index in [1.807, 2.05) is 26.2 Å². The zero-order valence-corrected chi connectivity index (χ0v) is 14.3. The number of nitrogens with one attached hydrogen (secondary N) is 2. The van der Waals surface area contributed by atoms with Crippen LogP contribution in [0.25, 0.3) is 10.9 Å². The van der Waals surface area contributed by atoms with E-state index in [9.17, 15) is 4.79 Å². The molecule has 0 fully saturated rings. The van der Waals surface area contributed by atoms with Gasteiger partial charge in [-0.1, -0.05) is 30.3 Å². The maximum Gasteiger partial charge on any atom is 0.216 e. The molecule has 3 aromatic rings. The van der Waals surface area contributed by atoms with Gasteiger partial charge in [-0.15, -0.1) is 0 Å². The molecule has 0 aliphatic carbocycles. The summed E-state index contributed by atoms with van der Waals surface area (Å²) < 4.78 is 0. The van der Waals surface area contributed by atoms with Crippen LogP contribution in [-0.4, -0.2) is 31.5 Å². The number of anilines is 1. The molecule has 124 valence electrons. The summed E-state index contributed by atoms with van der Waals surface area (Å²) >= 11 is 0. The highest BCUT2D eigenvalue weighted by Gasteiger charge is 2.18. The van der Waals surface area contributed by atoms with E-state index in [2.05, 4.69) is 57.8 Å². The molecule has 4 heteroatoms. The van der Waals surface area contributed by atoms with Crippen LogP contribution in [0.5, 0.6) is 0 Å². The lowest BCUT2D eigenvalue weighted by atomic mass is 9.90. The summed E-state index contributed by atoms with van der Waals surface area (Å²) in [6, 6.07) is 16.8. The van der Waals surface area contributed by atoms with Crippen molar-refractivity contribution in [2.75, 3.05) is 25.5 Å². The molecule has 0 aliphatic rings. The molecule has 1 atom stereocenters. The van der Waals surface area contributed by atoms with Crippen molar-refractivity contribution in [3.05, 3.63) is 65.9 Å². The van der Waals surface area contributed by atoms with Gasteiger partial charge in [0, 0.05) is 56.3 Å². The third-order valence-electron chi connectivity index (χ3n) is 4.36. The highest BCUT2D eigenvalue weighted by atomic mass is 16.1. The van der Waals surface area contributed by atoms with Crippen molar-refractivity contribution in [3.63, 3.8) is 0 Å². The maximum absolute atomic E-state index is 11.4. The number of nitrogens with zero attached hydrogens (tertiary/aromatic N) is 1. The highest BCUT2D eigenvalue weighted by Crippen LogP contribution is 2.31. The number of aromatic amines is 1. The molecule has 2 aromatic carbocycles. The fraction of sp³-hybridized carbons (Fsp3) is 0.250. The lowest BCUT2D eigenvalue weighted by Crippen LogP contribution is -2.26. The van der Waals surface area contributed by atoms with Crippen molar-refractivity contribution in [2.45, 2.75) is 12.8 Å². The quantitative estimate of drug-likeness (QED) is 0.755. The molecule has 0 radical (unpaired) electrons. The molecule has 4 nitrogen and oxygen atoms in total. The molecule has 24 heavy (non-hydrogen) atoms. The van der Waals surface area contributed by atoms with Gasteiger partial charge in [0.25, 0.3) is 0 Å². The van der Waals surface area contributed by atoms with Crippen molar-refractivity contribution in [1.29, 1.82) is 0 Å². The average molecular weight is 321 g/mol. The Hall–Kier alpha value is -2.75. The Kier molecular flexibility index (Phi) is 4.56. The molecule has 0 aliphatic heterocycles. The Labute approximate surface area is 142 Å². The van der Waals surface area contributed by atoms with Crippen LogP contribution in [0.4, 0.5) is 5.69 Å². The Balaban J connectivity index is 2.01. The minimum atomic E-state index is -0.00949. The second-order valence-corrected chi connectivity index (χ2v) is 6.27. The van der Waals surface area contributed by atoms with Gasteiger partial charge in [0.1, 0.15) is 0 Å². The van der Waals surface area contributed by atoms with Gasteiger partial charge >= 0.3 is 0 Å². The van der Waals surface area contributed by atoms with Gasteiger partial charge in [-0.05, 0) is 29.3 Å². The Morgan fingerprint density at radius 2 is 1.83 bits per heavy atom. The first-order valence-electron chi connectivity index (χ1n) is 8.14.